The van der Waals surface area contributed by atoms with Crippen LogP contribution in [0.5, 0.6) is 5.88 Å². The molecule has 0 atom stereocenters. The van der Waals surface area contributed by atoms with Crippen molar-refractivity contribution in [1.29, 1.82) is 0 Å². The molecule has 2 rings (SSSR count). The van der Waals surface area contributed by atoms with E-state index in [-0.39, 0.29) is 29.6 Å². The van der Waals surface area contributed by atoms with E-state index in [9.17, 15) is 22.4 Å². The van der Waals surface area contributed by atoms with Crippen molar-refractivity contribution in [3.8, 4) is 5.88 Å². The first-order chi connectivity index (χ1) is 12.1. The van der Waals surface area contributed by atoms with Crippen LogP contribution in [-0.2, 0) is 19.8 Å². The van der Waals surface area contributed by atoms with E-state index in [4.69, 9.17) is 16.3 Å². The molecule has 0 spiro atoms. The summed E-state index contributed by atoms with van der Waals surface area (Å²) in [5.41, 5.74) is -2.06. The summed E-state index contributed by atoms with van der Waals surface area (Å²) < 4.78 is 59.5. The average molecular weight is 394 g/mol. The Labute approximate surface area is 151 Å². The Morgan fingerprint density at radius 1 is 1.38 bits per heavy atom. The third kappa shape index (κ3) is 4.46. The lowest BCUT2D eigenvalue weighted by molar-refractivity contribution is -0.141. The van der Waals surface area contributed by atoms with Gasteiger partial charge in [0, 0.05) is 24.2 Å². The van der Waals surface area contributed by atoms with Crippen LogP contribution in [0.25, 0.3) is 0 Å². The molecule has 0 unspecified atom stereocenters. The van der Waals surface area contributed by atoms with Crippen molar-refractivity contribution in [2.24, 2.45) is 7.05 Å². The number of rotatable bonds is 6. The molecular formula is C16H16ClF4N3O2. The summed E-state index contributed by atoms with van der Waals surface area (Å²) >= 11 is 5.76. The molecule has 10 heteroatoms. The van der Waals surface area contributed by atoms with Crippen LogP contribution in [0.1, 0.15) is 35.0 Å². The van der Waals surface area contributed by atoms with Gasteiger partial charge in [0.1, 0.15) is 11.4 Å². The van der Waals surface area contributed by atoms with E-state index < -0.39 is 29.2 Å². The maximum Gasteiger partial charge on any atom is 0.436 e. The third-order valence-corrected chi connectivity index (χ3v) is 3.62. The number of aryl methyl sites for hydroxylation is 1. The number of nitrogens with zero attached hydrogens (tertiary/aromatic N) is 2. The fraction of sp³-hybridized carbons (Fsp3) is 0.375. The van der Waals surface area contributed by atoms with E-state index in [2.05, 4.69) is 10.4 Å². The van der Waals surface area contributed by atoms with Gasteiger partial charge in [-0.2, -0.15) is 18.3 Å². The van der Waals surface area contributed by atoms with Crippen molar-refractivity contribution in [1.82, 2.24) is 15.1 Å². The van der Waals surface area contributed by atoms with Crippen LogP contribution in [0.2, 0.25) is 5.02 Å². The van der Waals surface area contributed by atoms with E-state index in [1.807, 2.05) is 0 Å². The van der Waals surface area contributed by atoms with Gasteiger partial charge < -0.3 is 10.1 Å². The van der Waals surface area contributed by atoms with E-state index in [0.717, 1.165) is 10.7 Å². The van der Waals surface area contributed by atoms with Crippen LogP contribution in [0.15, 0.2) is 18.2 Å². The van der Waals surface area contributed by atoms with Crippen molar-refractivity contribution in [2.45, 2.75) is 26.1 Å². The number of amides is 1. The van der Waals surface area contributed by atoms with Crippen LogP contribution >= 0.6 is 11.6 Å². The summed E-state index contributed by atoms with van der Waals surface area (Å²) in [6, 6.07) is 3.70. The van der Waals surface area contributed by atoms with Gasteiger partial charge in [-0.05, 0) is 24.6 Å². The normalized spacial score (nSPS) is 11.5. The molecule has 5 nitrogen and oxygen atoms in total. The van der Waals surface area contributed by atoms with Crippen LogP contribution < -0.4 is 10.1 Å². The first-order valence-corrected chi connectivity index (χ1v) is 8.02. The average Bonchev–Trinajstić information content (AvgIpc) is 2.90. The Bertz CT molecular complexity index is 806. The highest BCUT2D eigenvalue weighted by Crippen LogP contribution is 2.35. The van der Waals surface area contributed by atoms with Gasteiger partial charge in [-0.3, -0.25) is 4.79 Å². The van der Waals surface area contributed by atoms with Gasteiger partial charge in [0.2, 0.25) is 5.88 Å². The quantitative estimate of drug-likeness (QED) is 0.756. The lowest BCUT2D eigenvalue weighted by Gasteiger charge is -2.11. The summed E-state index contributed by atoms with van der Waals surface area (Å²) in [6.45, 7) is 1.54. The second-order valence-electron chi connectivity index (χ2n) is 5.42. The largest absolute Gasteiger partial charge is 0.477 e. The first kappa shape index (κ1) is 20.0. The molecule has 1 N–H and O–H groups in total. The fourth-order valence-electron chi connectivity index (χ4n) is 2.22. The van der Waals surface area contributed by atoms with Crippen LogP contribution in [0, 0.1) is 5.82 Å². The molecule has 0 saturated heterocycles. The van der Waals surface area contributed by atoms with Crippen LogP contribution in [0.3, 0.4) is 0 Å². The van der Waals surface area contributed by atoms with E-state index in [1.165, 1.54) is 19.2 Å². The molecule has 142 valence electrons. The number of hydrogen-bond donors (Lipinski definition) is 1. The Kier molecular flexibility index (Phi) is 6.12. The Morgan fingerprint density at radius 3 is 2.69 bits per heavy atom. The number of ether oxygens (including phenoxy) is 1. The molecule has 0 aliphatic carbocycles. The lowest BCUT2D eigenvalue weighted by atomic mass is 10.2. The minimum Gasteiger partial charge on any atom is -0.477 e. The minimum absolute atomic E-state index is 0.0410. The van der Waals surface area contributed by atoms with Crippen molar-refractivity contribution in [2.75, 3.05) is 6.61 Å². The highest BCUT2D eigenvalue weighted by atomic mass is 35.5. The van der Waals surface area contributed by atoms with Crippen LogP contribution in [0.4, 0.5) is 17.6 Å². The predicted molar refractivity (Wildman–Crippen MR) is 86.6 cm³/mol. The number of halogens is 5. The van der Waals surface area contributed by atoms with Crippen molar-refractivity contribution in [3.63, 3.8) is 0 Å². The smallest absolute Gasteiger partial charge is 0.436 e. The Balaban J connectivity index is 2.32. The van der Waals surface area contributed by atoms with Gasteiger partial charge in [-0.25, -0.2) is 9.07 Å². The summed E-state index contributed by atoms with van der Waals surface area (Å²) in [4.78, 5) is 12.4. The highest BCUT2D eigenvalue weighted by molar-refractivity contribution is 6.30. The molecule has 2 aromatic rings. The van der Waals surface area contributed by atoms with Gasteiger partial charge in [-0.1, -0.05) is 18.5 Å². The van der Waals surface area contributed by atoms with E-state index in [1.54, 1.807) is 6.92 Å². The molecule has 1 heterocycles. The maximum absolute atomic E-state index is 13.7. The molecule has 0 aliphatic rings. The molecule has 0 saturated carbocycles. The molecular weight excluding hydrogens is 378 g/mol. The molecule has 0 fully saturated rings. The second-order valence-corrected chi connectivity index (χ2v) is 5.85. The summed E-state index contributed by atoms with van der Waals surface area (Å²) in [6.07, 6.45) is -4.32. The predicted octanol–water partition coefficient (Wildman–Crippen LogP) is 3.95. The highest BCUT2D eigenvalue weighted by Gasteiger charge is 2.42. The van der Waals surface area contributed by atoms with Gasteiger partial charge in [0.25, 0.3) is 5.91 Å². The Morgan fingerprint density at radius 2 is 2.08 bits per heavy atom. The van der Waals surface area contributed by atoms with E-state index in [0.29, 0.717) is 6.42 Å². The van der Waals surface area contributed by atoms with Crippen molar-refractivity contribution < 1.29 is 27.1 Å². The van der Waals surface area contributed by atoms with Crippen molar-refractivity contribution >= 4 is 17.5 Å². The molecule has 1 amide bonds. The number of aromatic nitrogens is 2. The second kappa shape index (κ2) is 7.94. The zero-order chi connectivity index (χ0) is 19.5. The standard InChI is InChI=1S/C16H16ClF4N3O2/c1-3-6-26-15-12(13(16(19,20)21)23-24(15)2)14(25)22-8-9-7-10(17)4-5-11(9)18/h4-5,7H,3,6,8H2,1-2H3,(H,22,25). The third-order valence-electron chi connectivity index (χ3n) is 3.38. The summed E-state index contributed by atoms with van der Waals surface area (Å²) in [7, 11) is 1.24. The van der Waals surface area contributed by atoms with Crippen molar-refractivity contribution in [3.05, 3.63) is 45.9 Å². The molecule has 0 radical (unpaired) electrons. The van der Waals surface area contributed by atoms with Crippen LogP contribution in [-0.4, -0.2) is 22.3 Å². The molecule has 1 aromatic carbocycles. The van der Waals surface area contributed by atoms with Gasteiger partial charge in [-0.15, -0.1) is 0 Å². The summed E-state index contributed by atoms with van der Waals surface area (Å²) in [5, 5.41) is 5.84. The Hall–Kier alpha value is -2.29. The number of carbonyl (C=O) groups is 1. The van der Waals surface area contributed by atoms with E-state index >= 15 is 0 Å². The van der Waals surface area contributed by atoms with Gasteiger partial charge >= 0.3 is 6.18 Å². The summed E-state index contributed by atoms with van der Waals surface area (Å²) in [5.74, 6) is -2.02. The monoisotopic (exact) mass is 393 g/mol. The zero-order valence-corrected chi connectivity index (χ0v) is 14.7. The first-order valence-electron chi connectivity index (χ1n) is 7.64. The molecule has 0 aliphatic heterocycles. The lowest BCUT2D eigenvalue weighted by Crippen LogP contribution is -2.26. The molecule has 26 heavy (non-hydrogen) atoms. The molecule has 1 aromatic heterocycles. The number of nitrogens with one attached hydrogen (secondary N) is 1. The zero-order valence-electron chi connectivity index (χ0n) is 14.0. The van der Waals surface area contributed by atoms with Gasteiger partial charge in [0.05, 0.1) is 6.61 Å². The molecule has 0 bridgehead atoms. The number of alkyl halides is 3. The number of carbonyl (C=O) groups excluding carboxylic acids is 1. The SMILES string of the molecule is CCCOc1c(C(=O)NCc2cc(Cl)ccc2F)c(C(F)(F)F)nn1C. The number of hydrogen-bond acceptors (Lipinski definition) is 3. The fourth-order valence-corrected chi connectivity index (χ4v) is 2.41. The maximum atomic E-state index is 13.7. The number of benzene rings is 1. The minimum atomic E-state index is -4.85. The van der Waals surface area contributed by atoms with Gasteiger partial charge in [0.15, 0.2) is 5.69 Å². The topological polar surface area (TPSA) is 56.1 Å².